The number of hydrogen-bond donors (Lipinski definition) is 1. The van der Waals surface area contributed by atoms with E-state index in [-0.39, 0.29) is 19.0 Å². The van der Waals surface area contributed by atoms with E-state index in [0.29, 0.717) is 0 Å². The number of alkyl halides is 2. The summed E-state index contributed by atoms with van der Waals surface area (Å²) in [6.45, 7) is -0.131. The lowest BCUT2D eigenvalue weighted by molar-refractivity contribution is -0.0265. The number of halogens is 3. The Morgan fingerprint density at radius 3 is 2.00 bits per heavy atom. The van der Waals surface area contributed by atoms with Crippen LogP contribution < -0.4 is 5.73 Å². The molecule has 0 spiro atoms. The molecule has 1 unspecified atom stereocenters. The number of ether oxygens (including phenoxy) is 1. The average Bonchev–Trinajstić information content (AvgIpc) is 1.69. The van der Waals surface area contributed by atoms with Crippen LogP contribution in [-0.4, -0.2) is 26.2 Å². The third-order valence-corrected chi connectivity index (χ3v) is 0.816. The van der Waals surface area contributed by atoms with E-state index in [1.165, 1.54) is 7.11 Å². The molecular weight excluding hydrogens is 151 g/mol. The molecule has 0 heterocycles. The van der Waals surface area contributed by atoms with Crippen molar-refractivity contribution in [3.63, 3.8) is 0 Å². The van der Waals surface area contributed by atoms with Gasteiger partial charge in [0.1, 0.15) is 6.10 Å². The Bertz CT molecular complexity index is 60.5. The largest absolute Gasteiger partial charge is 0.374 e. The Kier molecular flexibility index (Phi) is 8.13. The zero-order valence-electron chi connectivity index (χ0n) is 5.01. The third-order valence-electron chi connectivity index (χ3n) is 0.816. The second-order valence-corrected chi connectivity index (χ2v) is 1.34. The molecule has 5 heteroatoms. The van der Waals surface area contributed by atoms with Crippen molar-refractivity contribution < 1.29 is 13.5 Å². The predicted octanol–water partition coefficient (Wildman–Crippen LogP) is 0.647. The van der Waals surface area contributed by atoms with Crippen molar-refractivity contribution in [2.24, 2.45) is 5.73 Å². The lowest BCUT2D eigenvalue weighted by Gasteiger charge is -2.09. The fourth-order valence-corrected chi connectivity index (χ4v) is 0.302. The molecule has 0 aliphatic heterocycles. The Hall–Kier alpha value is 0.0700. The van der Waals surface area contributed by atoms with Gasteiger partial charge in [-0.2, -0.15) is 0 Å². The van der Waals surface area contributed by atoms with E-state index in [1.807, 2.05) is 0 Å². The summed E-state index contributed by atoms with van der Waals surface area (Å²) in [6, 6.07) is 0. The molecule has 0 radical (unpaired) electrons. The second kappa shape index (κ2) is 6.19. The van der Waals surface area contributed by atoms with E-state index in [2.05, 4.69) is 4.74 Å². The SMILES string of the molecule is COC(CN)C(F)F.Cl. The summed E-state index contributed by atoms with van der Waals surface area (Å²) in [6.07, 6.45) is -3.57. The third kappa shape index (κ3) is 4.57. The average molecular weight is 162 g/mol. The van der Waals surface area contributed by atoms with Gasteiger partial charge in [-0.1, -0.05) is 0 Å². The first-order valence-electron chi connectivity index (χ1n) is 2.23. The van der Waals surface area contributed by atoms with E-state index in [4.69, 9.17) is 5.73 Å². The second-order valence-electron chi connectivity index (χ2n) is 1.34. The van der Waals surface area contributed by atoms with E-state index in [0.717, 1.165) is 0 Å². The monoisotopic (exact) mass is 161 g/mol. The summed E-state index contributed by atoms with van der Waals surface area (Å²) < 4.78 is 27.3. The molecule has 2 nitrogen and oxygen atoms in total. The van der Waals surface area contributed by atoms with Crippen molar-refractivity contribution in [1.29, 1.82) is 0 Å². The van der Waals surface area contributed by atoms with Crippen molar-refractivity contribution in [1.82, 2.24) is 0 Å². The summed E-state index contributed by atoms with van der Waals surface area (Å²) in [4.78, 5) is 0. The molecule has 0 fully saturated rings. The fourth-order valence-electron chi connectivity index (χ4n) is 0.302. The molecule has 1 atom stereocenters. The Labute approximate surface area is 58.8 Å². The molecule has 58 valence electrons. The number of nitrogens with two attached hydrogens (primary N) is 1. The molecule has 0 aromatic rings. The Morgan fingerprint density at radius 2 is 2.00 bits per heavy atom. The molecule has 0 saturated heterocycles. The number of methoxy groups -OCH3 is 1. The van der Waals surface area contributed by atoms with Gasteiger partial charge < -0.3 is 10.5 Å². The normalized spacial score (nSPS) is 13.0. The van der Waals surface area contributed by atoms with Crippen LogP contribution in [0.1, 0.15) is 0 Å². The van der Waals surface area contributed by atoms with Gasteiger partial charge in [0, 0.05) is 13.7 Å². The van der Waals surface area contributed by atoms with E-state index in [1.54, 1.807) is 0 Å². The van der Waals surface area contributed by atoms with Crippen LogP contribution >= 0.6 is 12.4 Å². The lowest BCUT2D eigenvalue weighted by Crippen LogP contribution is -2.29. The molecule has 0 aliphatic rings. The first-order chi connectivity index (χ1) is 3.72. The van der Waals surface area contributed by atoms with Crippen molar-refractivity contribution in [3.05, 3.63) is 0 Å². The molecule has 0 bridgehead atoms. The highest BCUT2D eigenvalue weighted by atomic mass is 35.5. The van der Waals surface area contributed by atoms with Crippen LogP contribution in [0.4, 0.5) is 8.78 Å². The minimum absolute atomic E-state index is 0. The summed E-state index contributed by atoms with van der Waals surface area (Å²) in [5.41, 5.74) is 4.88. The summed E-state index contributed by atoms with van der Waals surface area (Å²) >= 11 is 0. The fraction of sp³-hybridized carbons (Fsp3) is 1.00. The van der Waals surface area contributed by atoms with Gasteiger partial charge in [0.15, 0.2) is 0 Å². The summed E-state index contributed by atoms with van der Waals surface area (Å²) in [5.74, 6) is 0. The minimum Gasteiger partial charge on any atom is -0.374 e. The zero-order valence-corrected chi connectivity index (χ0v) is 5.83. The maximum Gasteiger partial charge on any atom is 0.265 e. The standard InChI is InChI=1S/C4H9F2NO.ClH/c1-8-3(2-7)4(5)6;/h3-4H,2,7H2,1H3;1H. The van der Waals surface area contributed by atoms with Gasteiger partial charge in [-0.15, -0.1) is 12.4 Å². The maximum absolute atomic E-state index is 11.5. The van der Waals surface area contributed by atoms with Crippen LogP contribution in [0.5, 0.6) is 0 Å². The van der Waals surface area contributed by atoms with Gasteiger partial charge in [-0.3, -0.25) is 0 Å². The highest BCUT2D eigenvalue weighted by molar-refractivity contribution is 5.85. The topological polar surface area (TPSA) is 35.2 Å². The van der Waals surface area contributed by atoms with Gasteiger partial charge in [0.2, 0.25) is 0 Å². The molecule has 0 saturated carbocycles. The molecule has 0 rings (SSSR count). The van der Waals surface area contributed by atoms with Crippen LogP contribution in [0.3, 0.4) is 0 Å². The molecule has 0 aromatic carbocycles. The quantitative estimate of drug-likeness (QED) is 0.660. The molecule has 2 N–H and O–H groups in total. The van der Waals surface area contributed by atoms with Crippen LogP contribution in [0.25, 0.3) is 0 Å². The highest BCUT2D eigenvalue weighted by Crippen LogP contribution is 2.01. The zero-order chi connectivity index (χ0) is 6.57. The van der Waals surface area contributed by atoms with E-state index in [9.17, 15) is 8.78 Å². The number of rotatable bonds is 3. The molecular formula is C4H10ClF2NO. The molecule has 0 aliphatic carbocycles. The molecule has 0 amide bonds. The van der Waals surface area contributed by atoms with Gasteiger partial charge in [0.25, 0.3) is 6.43 Å². The van der Waals surface area contributed by atoms with E-state index < -0.39 is 12.5 Å². The molecule has 9 heavy (non-hydrogen) atoms. The van der Waals surface area contributed by atoms with Crippen molar-refractivity contribution in [3.8, 4) is 0 Å². The first-order valence-corrected chi connectivity index (χ1v) is 2.23. The summed E-state index contributed by atoms with van der Waals surface area (Å²) in [5, 5.41) is 0. The van der Waals surface area contributed by atoms with Crippen molar-refractivity contribution in [2.75, 3.05) is 13.7 Å². The Balaban J connectivity index is 0. The number of hydrogen-bond acceptors (Lipinski definition) is 2. The predicted molar refractivity (Wildman–Crippen MR) is 33.1 cm³/mol. The smallest absolute Gasteiger partial charge is 0.265 e. The van der Waals surface area contributed by atoms with Gasteiger partial charge in [-0.05, 0) is 0 Å². The van der Waals surface area contributed by atoms with Gasteiger partial charge in [0.05, 0.1) is 0 Å². The van der Waals surface area contributed by atoms with Crippen molar-refractivity contribution >= 4 is 12.4 Å². The van der Waals surface area contributed by atoms with Crippen LogP contribution in [0.15, 0.2) is 0 Å². The van der Waals surface area contributed by atoms with Crippen molar-refractivity contribution in [2.45, 2.75) is 12.5 Å². The first kappa shape index (κ1) is 11.8. The Morgan fingerprint density at radius 1 is 1.56 bits per heavy atom. The van der Waals surface area contributed by atoms with Crippen LogP contribution in [0.2, 0.25) is 0 Å². The van der Waals surface area contributed by atoms with Crippen LogP contribution in [0, 0.1) is 0 Å². The van der Waals surface area contributed by atoms with Gasteiger partial charge >= 0.3 is 0 Å². The van der Waals surface area contributed by atoms with E-state index >= 15 is 0 Å². The lowest BCUT2D eigenvalue weighted by atomic mass is 10.4. The minimum atomic E-state index is -2.47. The van der Waals surface area contributed by atoms with Gasteiger partial charge in [-0.25, -0.2) is 8.78 Å². The summed E-state index contributed by atoms with van der Waals surface area (Å²) in [7, 11) is 1.21. The molecule has 0 aromatic heterocycles. The maximum atomic E-state index is 11.5. The van der Waals surface area contributed by atoms with Crippen LogP contribution in [-0.2, 0) is 4.74 Å². The highest BCUT2D eigenvalue weighted by Gasteiger charge is 2.16.